The Morgan fingerprint density at radius 3 is 2.90 bits per heavy atom. The van der Waals surface area contributed by atoms with Gasteiger partial charge in [-0.05, 0) is 43.4 Å². The first-order valence-corrected chi connectivity index (χ1v) is 12.0. The number of benzene rings is 1. The van der Waals surface area contributed by atoms with E-state index in [4.69, 9.17) is 4.99 Å². The van der Waals surface area contributed by atoms with Crippen molar-refractivity contribution < 1.29 is 4.21 Å². The first kappa shape index (κ1) is 21.6. The predicted octanol–water partition coefficient (Wildman–Crippen LogP) is 3.07. The van der Waals surface area contributed by atoms with Gasteiger partial charge in [-0.25, -0.2) is 4.99 Å². The van der Waals surface area contributed by atoms with E-state index >= 15 is 0 Å². The van der Waals surface area contributed by atoms with Gasteiger partial charge in [-0.15, -0.1) is 0 Å². The van der Waals surface area contributed by atoms with Gasteiger partial charge in [0.15, 0.2) is 5.96 Å². The Morgan fingerprint density at radius 2 is 2.14 bits per heavy atom. The predicted molar refractivity (Wildman–Crippen MR) is 120 cm³/mol. The Morgan fingerprint density at radius 1 is 1.28 bits per heavy atom. The summed E-state index contributed by atoms with van der Waals surface area (Å²) in [5.41, 5.74) is 2.40. The molecule has 3 unspecified atom stereocenters. The van der Waals surface area contributed by atoms with E-state index in [2.05, 4.69) is 46.9 Å². The van der Waals surface area contributed by atoms with Crippen molar-refractivity contribution in [2.45, 2.75) is 63.9 Å². The van der Waals surface area contributed by atoms with E-state index in [-0.39, 0.29) is 0 Å². The normalized spacial score (nSPS) is 21.0. The second kappa shape index (κ2) is 11.1. The molecule has 1 aliphatic rings. The summed E-state index contributed by atoms with van der Waals surface area (Å²) in [4.78, 5) is 4.80. The molecule has 1 aliphatic carbocycles. The van der Waals surface area contributed by atoms with Crippen LogP contribution >= 0.6 is 0 Å². The number of guanidine groups is 1. The van der Waals surface area contributed by atoms with Crippen LogP contribution in [0.5, 0.6) is 0 Å². The maximum absolute atomic E-state index is 12.2. The van der Waals surface area contributed by atoms with Crippen LogP contribution < -0.4 is 10.6 Å². The summed E-state index contributed by atoms with van der Waals surface area (Å²) >= 11 is 0. The quantitative estimate of drug-likeness (QED) is 0.513. The molecule has 0 spiro atoms. The first-order valence-electron chi connectivity index (χ1n) is 10.6. The van der Waals surface area contributed by atoms with Gasteiger partial charge < -0.3 is 10.6 Å². The van der Waals surface area contributed by atoms with Crippen molar-refractivity contribution in [1.82, 2.24) is 20.4 Å². The maximum atomic E-state index is 12.2. The van der Waals surface area contributed by atoms with Crippen LogP contribution in [0.1, 0.15) is 50.7 Å². The van der Waals surface area contributed by atoms with Crippen LogP contribution in [0.25, 0.3) is 0 Å². The van der Waals surface area contributed by atoms with Crippen LogP contribution in [0.4, 0.5) is 0 Å². The van der Waals surface area contributed by atoms with Gasteiger partial charge in [0.2, 0.25) is 0 Å². The standard InChI is InChI=1S/C22H33N5OS/c1-3-23-22(26-20-10-6-11-21(15-20)29(28)4-2)24-16-18-8-5-9-19(14-18)17-27-13-7-12-25-27/h5,7-9,12-14,20-21H,3-4,6,10-11,15-17H2,1-2H3,(H2,23,24,26). The highest BCUT2D eigenvalue weighted by Crippen LogP contribution is 2.23. The third kappa shape index (κ3) is 6.70. The molecule has 0 amide bonds. The maximum Gasteiger partial charge on any atom is 0.191 e. The molecule has 1 aromatic heterocycles. The molecule has 3 atom stereocenters. The van der Waals surface area contributed by atoms with Crippen LogP contribution in [0, 0.1) is 0 Å². The fraction of sp³-hybridized carbons (Fsp3) is 0.545. The van der Waals surface area contributed by atoms with Crippen molar-refractivity contribution in [3.8, 4) is 0 Å². The molecule has 1 heterocycles. The molecule has 3 rings (SSSR count). The molecule has 29 heavy (non-hydrogen) atoms. The van der Waals surface area contributed by atoms with Crippen LogP contribution in [-0.4, -0.2) is 43.5 Å². The summed E-state index contributed by atoms with van der Waals surface area (Å²) in [6.45, 7) is 6.30. The number of aromatic nitrogens is 2. The smallest absolute Gasteiger partial charge is 0.191 e. The van der Waals surface area contributed by atoms with Crippen molar-refractivity contribution in [1.29, 1.82) is 0 Å². The summed E-state index contributed by atoms with van der Waals surface area (Å²) in [6, 6.07) is 10.8. The number of rotatable bonds is 8. The van der Waals surface area contributed by atoms with Crippen molar-refractivity contribution in [3.63, 3.8) is 0 Å². The molecular weight excluding hydrogens is 382 g/mol. The minimum atomic E-state index is -0.710. The molecule has 2 aromatic rings. The molecule has 2 N–H and O–H groups in total. The summed E-state index contributed by atoms with van der Waals surface area (Å²) in [7, 11) is -0.710. The number of nitrogens with one attached hydrogen (secondary N) is 2. The van der Waals surface area contributed by atoms with E-state index in [0.717, 1.165) is 50.5 Å². The van der Waals surface area contributed by atoms with Crippen molar-refractivity contribution in [3.05, 3.63) is 53.9 Å². The van der Waals surface area contributed by atoms with E-state index < -0.39 is 10.8 Å². The number of aliphatic imine (C=N–C) groups is 1. The molecule has 1 fully saturated rings. The van der Waals surface area contributed by atoms with Gasteiger partial charge in [0.05, 0.1) is 13.1 Å². The second-order valence-corrected chi connectivity index (χ2v) is 9.52. The zero-order chi connectivity index (χ0) is 20.5. The molecule has 0 radical (unpaired) electrons. The minimum absolute atomic E-state index is 0.313. The van der Waals surface area contributed by atoms with E-state index in [0.29, 0.717) is 17.8 Å². The van der Waals surface area contributed by atoms with Crippen LogP contribution in [0.2, 0.25) is 0 Å². The highest BCUT2D eigenvalue weighted by atomic mass is 32.2. The number of nitrogens with zero attached hydrogens (tertiary/aromatic N) is 3. The average molecular weight is 416 g/mol. The zero-order valence-electron chi connectivity index (χ0n) is 17.5. The monoisotopic (exact) mass is 415 g/mol. The van der Waals surface area contributed by atoms with Crippen LogP contribution in [-0.2, 0) is 23.9 Å². The van der Waals surface area contributed by atoms with Crippen LogP contribution in [0.3, 0.4) is 0 Å². The van der Waals surface area contributed by atoms with Gasteiger partial charge in [-0.2, -0.15) is 5.10 Å². The van der Waals surface area contributed by atoms with Crippen molar-refractivity contribution in [2.75, 3.05) is 12.3 Å². The molecule has 0 saturated heterocycles. The lowest BCUT2D eigenvalue weighted by Gasteiger charge is -2.30. The molecule has 7 heteroatoms. The Bertz CT molecular complexity index is 805. The lowest BCUT2D eigenvalue weighted by atomic mass is 9.95. The second-order valence-electron chi connectivity index (χ2n) is 7.52. The molecular formula is C22H33N5OS. The molecule has 1 aromatic carbocycles. The molecule has 158 valence electrons. The highest BCUT2D eigenvalue weighted by molar-refractivity contribution is 7.85. The Labute approximate surface area is 176 Å². The van der Waals surface area contributed by atoms with E-state index in [9.17, 15) is 4.21 Å². The summed E-state index contributed by atoms with van der Waals surface area (Å²) < 4.78 is 14.1. The fourth-order valence-electron chi connectivity index (χ4n) is 3.84. The Hall–Kier alpha value is -2.15. The number of hydrogen-bond acceptors (Lipinski definition) is 3. The van der Waals surface area contributed by atoms with Crippen molar-refractivity contribution in [2.24, 2.45) is 4.99 Å². The lowest BCUT2D eigenvalue weighted by molar-refractivity contribution is 0.413. The van der Waals surface area contributed by atoms with E-state index in [1.165, 1.54) is 11.1 Å². The Balaban J connectivity index is 1.61. The Kier molecular flexibility index (Phi) is 8.28. The zero-order valence-corrected chi connectivity index (χ0v) is 18.3. The van der Waals surface area contributed by atoms with Gasteiger partial charge >= 0.3 is 0 Å². The van der Waals surface area contributed by atoms with Gasteiger partial charge in [-0.3, -0.25) is 8.89 Å². The third-order valence-electron chi connectivity index (χ3n) is 5.28. The van der Waals surface area contributed by atoms with Gasteiger partial charge in [0, 0.05) is 46.8 Å². The van der Waals surface area contributed by atoms with Gasteiger partial charge in [0.1, 0.15) is 0 Å². The fourth-order valence-corrected chi connectivity index (χ4v) is 5.19. The topological polar surface area (TPSA) is 71.3 Å². The van der Waals surface area contributed by atoms with Crippen LogP contribution in [0.15, 0.2) is 47.7 Å². The summed E-state index contributed by atoms with van der Waals surface area (Å²) in [5, 5.41) is 11.5. The van der Waals surface area contributed by atoms with E-state index in [1.54, 1.807) is 6.20 Å². The lowest BCUT2D eigenvalue weighted by Crippen LogP contribution is -2.46. The average Bonchev–Trinajstić information content (AvgIpc) is 3.25. The summed E-state index contributed by atoms with van der Waals surface area (Å²) in [5.74, 6) is 1.60. The number of hydrogen-bond donors (Lipinski definition) is 2. The van der Waals surface area contributed by atoms with Crippen molar-refractivity contribution >= 4 is 16.8 Å². The molecule has 1 saturated carbocycles. The molecule has 0 aliphatic heterocycles. The highest BCUT2D eigenvalue weighted by Gasteiger charge is 2.26. The molecule has 6 nitrogen and oxygen atoms in total. The van der Waals surface area contributed by atoms with Gasteiger partial charge in [-0.1, -0.05) is 37.6 Å². The largest absolute Gasteiger partial charge is 0.357 e. The first-order chi connectivity index (χ1) is 14.2. The molecule has 0 bridgehead atoms. The third-order valence-corrected chi connectivity index (χ3v) is 7.02. The van der Waals surface area contributed by atoms with E-state index in [1.807, 2.05) is 23.9 Å². The SMILES string of the molecule is CCNC(=NCc1cccc(Cn2cccn2)c1)NC1CCCC(S(=O)CC)C1. The minimum Gasteiger partial charge on any atom is -0.357 e. The van der Waals surface area contributed by atoms with Gasteiger partial charge in [0.25, 0.3) is 0 Å². The summed E-state index contributed by atoms with van der Waals surface area (Å²) in [6.07, 6.45) is 8.05.